The summed E-state index contributed by atoms with van der Waals surface area (Å²) in [6.07, 6.45) is -4.57. The molecule has 0 aliphatic heterocycles. The highest BCUT2D eigenvalue weighted by molar-refractivity contribution is 7.88. The van der Waals surface area contributed by atoms with E-state index in [2.05, 4.69) is 4.72 Å². The first kappa shape index (κ1) is 19.0. The molecule has 8 heteroatoms. The average Bonchev–Trinajstić information content (AvgIpc) is 2.53. The third-order valence-corrected chi connectivity index (χ3v) is 4.93. The van der Waals surface area contributed by atoms with Gasteiger partial charge in [0.25, 0.3) is 0 Å². The van der Waals surface area contributed by atoms with Gasteiger partial charge < -0.3 is 0 Å². The Bertz CT molecular complexity index is 903. The maximum atomic E-state index is 13.1. The second-order valence-corrected chi connectivity index (χ2v) is 7.25. The van der Waals surface area contributed by atoms with E-state index in [9.17, 15) is 21.6 Å². The second-order valence-electron chi connectivity index (χ2n) is 5.50. The summed E-state index contributed by atoms with van der Waals surface area (Å²) in [4.78, 5) is 0. The van der Waals surface area contributed by atoms with Gasteiger partial charge in [-0.15, -0.1) is 0 Å². The fourth-order valence-corrected chi connectivity index (χ4v) is 3.82. The topological polar surface area (TPSA) is 70.0 Å². The van der Waals surface area contributed by atoms with Crippen LogP contribution >= 0.6 is 0 Å². The maximum absolute atomic E-state index is 13.1. The van der Waals surface area contributed by atoms with Gasteiger partial charge in [0.05, 0.1) is 22.9 Å². The molecule has 0 bridgehead atoms. The van der Waals surface area contributed by atoms with E-state index in [-0.39, 0.29) is 5.56 Å². The maximum Gasteiger partial charge on any atom is 0.416 e. The van der Waals surface area contributed by atoms with Crippen LogP contribution in [-0.4, -0.2) is 8.42 Å². The zero-order valence-corrected chi connectivity index (χ0v) is 14.0. The normalized spacial score (nSPS) is 13.2. The van der Waals surface area contributed by atoms with Gasteiger partial charge >= 0.3 is 6.18 Å². The smallest absolute Gasteiger partial charge is 0.212 e. The van der Waals surface area contributed by atoms with Crippen LogP contribution in [0.2, 0.25) is 0 Å². The summed E-state index contributed by atoms with van der Waals surface area (Å²) in [7, 11) is -3.90. The molecule has 1 unspecified atom stereocenters. The molecular formula is C17H15F3N2O2S. The average molecular weight is 368 g/mol. The van der Waals surface area contributed by atoms with Crippen LogP contribution in [0.1, 0.15) is 35.2 Å². The van der Waals surface area contributed by atoms with Gasteiger partial charge in [-0.3, -0.25) is 0 Å². The number of nitrogens with one attached hydrogen (secondary N) is 1. The van der Waals surface area contributed by atoms with E-state index in [1.165, 1.54) is 43.3 Å². The number of alkyl halides is 3. The van der Waals surface area contributed by atoms with Crippen LogP contribution in [0.4, 0.5) is 13.2 Å². The lowest BCUT2D eigenvalue weighted by Gasteiger charge is -2.19. The molecular weight excluding hydrogens is 353 g/mol. The molecule has 1 atom stereocenters. The van der Waals surface area contributed by atoms with Gasteiger partial charge in [-0.1, -0.05) is 30.3 Å². The second kappa shape index (κ2) is 7.25. The minimum Gasteiger partial charge on any atom is -0.212 e. The monoisotopic (exact) mass is 368 g/mol. The first-order chi connectivity index (χ1) is 11.6. The molecule has 0 heterocycles. The molecule has 0 aromatic heterocycles. The van der Waals surface area contributed by atoms with E-state index >= 15 is 0 Å². The standard InChI is InChI=1S/C17H15F3N2O2S/c1-12(15-7-2-3-8-16(15)17(18,19)20)22-25(23,24)11-14-6-4-5-13(9-14)10-21/h2-9,12,22H,11H2,1H3. The van der Waals surface area contributed by atoms with Crippen LogP contribution in [0.3, 0.4) is 0 Å². The summed E-state index contributed by atoms with van der Waals surface area (Å²) in [5.74, 6) is -0.430. The summed E-state index contributed by atoms with van der Waals surface area (Å²) >= 11 is 0. The fourth-order valence-electron chi connectivity index (χ4n) is 2.46. The predicted molar refractivity (Wildman–Crippen MR) is 86.8 cm³/mol. The lowest BCUT2D eigenvalue weighted by molar-refractivity contribution is -0.138. The Balaban J connectivity index is 2.22. The Morgan fingerprint density at radius 3 is 2.48 bits per heavy atom. The molecule has 0 fully saturated rings. The highest BCUT2D eigenvalue weighted by Crippen LogP contribution is 2.34. The van der Waals surface area contributed by atoms with Crippen molar-refractivity contribution in [2.24, 2.45) is 0 Å². The van der Waals surface area contributed by atoms with E-state index in [1.807, 2.05) is 6.07 Å². The van der Waals surface area contributed by atoms with Gasteiger partial charge in [0.2, 0.25) is 10.0 Å². The summed E-state index contributed by atoms with van der Waals surface area (Å²) < 4.78 is 66.0. The third kappa shape index (κ3) is 5.05. The number of nitrogens with zero attached hydrogens (tertiary/aromatic N) is 1. The van der Waals surface area contributed by atoms with Crippen molar-refractivity contribution in [3.8, 4) is 6.07 Å². The Kier molecular flexibility index (Phi) is 5.50. The van der Waals surface area contributed by atoms with Gasteiger partial charge in [-0.05, 0) is 36.2 Å². The fraction of sp³-hybridized carbons (Fsp3) is 0.235. The summed E-state index contributed by atoms with van der Waals surface area (Å²) in [5.41, 5.74) is -0.341. The Morgan fingerprint density at radius 2 is 1.84 bits per heavy atom. The van der Waals surface area contributed by atoms with Crippen LogP contribution in [0.15, 0.2) is 48.5 Å². The van der Waals surface area contributed by atoms with Crippen LogP contribution in [0.25, 0.3) is 0 Å². The number of nitriles is 1. The molecule has 0 amide bonds. The minimum atomic E-state index is -4.57. The number of halogens is 3. The van der Waals surface area contributed by atoms with Gasteiger partial charge in [-0.2, -0.15) is 18.4 Å². The van der Waals surface area contributed by atoms with E-state index in [1.54, 1.807) is 6.07 Å². The van der Waals surface area contributed by atoms with Crippen LogP contribution in [0.5, 0.6) is 0 Å². The van der Waals surface area contributed by atoms with Crippen molar-refractivity contribution in [1.82, 2.24) is 4.72 Å². The first-order valence-corrected chi connectivity index (χ1v) is 8.93. The Labute approximate surface area is 144 Å². The summed E-state index contributed by atoms with van der Waals surface area (Å²) in [5, 5.41) is 8.84. The number of benzene rings is 2. The van der Waals surface area contributed by atoms with E-state index in [0.29, 0.717) is 11.1 Å². The van der Waals surface area contributed by atoms with Crippen molar-refractivity contribution >= 4 is 10.0 Å². The molecule has 2 aromatic carbocycles. The Hall–Kier alpha value is -2.37. The molecule has 0 aliphatic rings. The zero-order chi connectivity index (χ0) is 18.7. The number of sulfonamides is 1. The van der Waals surface area contributed by atoms with Gasteiger partial charge in [0, 0.05) is 6.04 Å². The van der Waals surface area contributed by atoms with Gasteiger partial charge in [-0.25, -0.2) is 13.1 Å². The van der Waals surface area contributed by atoms with E-state index < -0.39 is 33.6 Å². The summed E-state index contributed by atoms with van der Waals surface area (Å²) in [6, 6.07) is 11.7. The van der Waals surface area contributed by atoms with Crippen molar-refractivity contribution in [2.75, 3.05) is 0 Å². The van der Waals surface area contributed by atoms with Crippen molar-refractivity contribution in [3.63, 3.8) is 0 Å². The van der Waals surface area contributed by atoms with Crippen molar-refractivity contribution in [3.05, 3.63) is 70.8 Å². The van der Waals surface area contributed by atoms with Crippen LogP contribution in [0, 0.1) is 11.3 Å². The van der Waals surface area contributed by atoms with Crippen LogP contribution < -0.4 is 4.72 Å². The minimum absolute atomic E-state index is 0.149. The quantitative estimate of drug-likeness (QED) is 0.874. The van der Waals surface area contributed by atoms with Gasteiger partial charge in [0.1, 0.15) is 0 Å². The SMILES string of the molecule is CC(NS(=O)(=O)Cc1cccc(C#N)c1)c1ccccc1C(F)(F)F. The molecule has 2 rings (SSSR count). The molecule has 25 heavy (non-hydrogen) atoms. The summed E-state index contributed by atoms with van der Waals surface area (Å²) in [6.45, 7) is 1.35. The van der Waals surface area contributed by atoms with Crippen molar-refractivity contribution < 1.29 is 21.6 Å². The highest BCUT2D eigenvalue weighted by atomic mass is 32.2. The molecule has 0 radical (unpaired) electrons. The number of rotatable bonds is 5. The molecule has 132 valence electrons. The van der Waals surface area contributed by atoms with Crippen molar-refractivity contribution in [2.45, 2.75) is 24.9 Å². The molecule has 4 nitrogen and oxygen atoms in total. The molecule has 0 saturated carbocycles. The zero-order valence-electron chi connectivity index (χ0n) is 13.2. The van der Waals surface area contributed by atoms with Crippen molar-refractivity contribution in [1.29, 1.82) is 5.26 Å². The molecule has 0 saturated heterocycles. The van der Waals surface area contributed by atoms with Gasteiger partial charge in [0.15, 0.2) is 0 Å². The largest absolute Gasteiger partial charge is 0.416 e. The predicted octanol–water partition coefficient (Wildman–Crippen LogP) is 3.76. The molecule has 2 aromatic rings. The molecule has 1 N–H and O–H groups in total. The molecule has 0 spiro atoms. The Morgan fingerprint density at radius 1 is 1.16 bits per heavy atom. The molecule has 0 aliphatic carbocycles. The van der Waals surface area contributed by atoms with E-state index in [0.717, 1.165) is 6.07 Å². The lowest BCUT2D eigenvalue weighted by atomic mass is 10.0. The van der Waals surface area contributed by atoms with E-state index in [4.69, 9.17) is 5.26 Å². The first-order valence-electron chi connectivity index (χ1n) is 7.27. The number of hydrogen-bond donors (Lipinski definition) is 1. The highest BCUT2D eigenvalue weighted by Gasteiger charge is 2.34. The third-order valence-electron chi connectivity index (χ3n) is 3.50. The van der Waals surface area contributed by atoms with Crippen LogP contribution in [-0.2, 0) is 22.0 Å². The lowest BCUT2D eigenvalue weighted by Crippen LogP contribution is -2.29. The number of hydrogen-bond acceptors (Lipinski definition) is 3.